The minimum Gasteiger partial charge on any atom is -0.478 e. The molecule has 0 fully saturated rings. The molecule has 0 radical (unpaired) electrons. The summed E-state index contributed by atoms with van der Waals surface area (Å²) in [5.74, 6) is -0.973. The molecule has 0 spiro atoms. The summed E-state index contributed by atoms with van der Waals surface area (Å²) in [6.07, 6.45) is 0. The average molecular weight is 815 g/mol. The van der Waals surface area contributed by atoms with Crippen LogP contribution in [-0.2, 0) is 5.75 Å². The largest absolute Gasteiger partial charge is 0.478 e. The van der Waals surface area contributed by atoms with E-state index in [0.717, 1.165) is 24.8 Å². The number of halogens is 5. The Labute approximate surface area is 244 Å². The van der Waals surface area contributed by atoms with Crippen molar-refractivity contribution in [3.63, 3.8) is 0 Å². The summed E-state index contributed by atoms with van der Waals surface area (Å²) in [6.45, 7) is 0. The number of amides is 1. The molecule has 4 rings (SSSR count). The molecule has 0 aliphatic rings. The van der Waals surface area contributed by atoms with Crippen molar-refractivity contribution in [2.24, 2.45) is 0 Å². The molecule has 34 heavy (non-hydrogen) atoms. The summed E-state index contributed by atoms with van der Waals surface area (Å²) in [5, 5.41) is 12.5. The van der Waals surface area contributed by atoms with E-state index >= 15 is 0 Å². The van der Waals surface area contributed by atoms with Gasteiger partial charge in [-0.1, -0.05) is 39.8 Å². The van der Waals surface area contributed by atoms with E-state index in [-0.39, 0.29) is 15.6 Å². The standard InChI is InChI=1S/C22H11Br5N2O3S2/c23-10-3-1-9(2-4-10)8-33-22-29-12-6-5-11(7-13(12)34-22)28-20(30)14-15(21(31)32)17(25)19(27)18(26)16(14)24/h1-7H,8H2,(H,28,30)(H,31,32). The first-order valence-electron chi connectivity index (χ1n) is 9.34. The van der Waals surface area contributed by atoms with Gasteiger partial charge in [0, 0.05) is 33.8 Å². The zero-order valence-corrected chi connectivity index (χ0v) is 26.2. The Morgan fingerprint density at radius 1 is 0.912 bits per heavy atom. The van der Waals surface area contributed by atoms with E-state index in [0.29, 0.717) is 19.1 Å². The van der Waals surface area contributed by atoms with Gasteiger partial charge in [0.2, 0.25) is 0 Å². The molecule has 3 aromatic carbocycles. The molecule has 0 aliphatic heterocycles. The molecule has 0 unspecified atom stereocenters. The lowest BCUT2D eigenvalue weighted by molar-refractivity contribution is 0.0691. The summed E-state index contributed by atoms with van der Waals surface area (Å²) in [6, 6.07) is 13.6. The third kappa shape index (κ3) is 5.63. The maximum Gasteiger partial charge on any atom is 0.337 e. The number of benzene rings is 3. The molecule has 0 aliphatic carbocycles. The molecule has 1 heterocycles. The number of hydrogen-bond donors (Lipinski definition) is 2. The number of thioether (sulfide) groups is 1. The van der Waals surface area contributed by atoms with Crippen molar-refractivity contribution in [2.45, 2.75) is 10.1 Å². The SMILES string of the molecule is O=C(O)c1c(Br)c(Br)c(Br)c(Br)c1C(=O)Nc1ccc2nc(SCc3ccc(Br)cc3)sc2c1. The maximum absolute atomic E-state index is 13.1. The fourth-order valence-electron chi connectivity index (χ4n) is 3.01. The van der Waals surface area contributed by atoms with Crippen LogP contribution in [0.5, 0.6) is 0 Å². The monoisotopic (exact) mass is 810 g/mol. The van der Waals surface area contributed by atoms with Crippen molar-refractivity contribution in [2.75, 3.05) is 5.32 Å². The first kappa shape index (κ1) is 26.3. The molecule has 2 N–H and O–H groups in total. The fraction of sp³-hybridized carbons (Fsp3) is 0.0455. The molecule has 12 heteroatoms. The molecular formula is C22H11Br5N2O3S2. The predicted octanol–water partition coefficient (Wildman–Crippen LogP) is 9.35. The van der Waals surface area contributed by atoms with Gasteiger partial charge in [-0.05, 0) is 99.6 Å². The third-order valence-corrected chi connectivity index (χ3v) is 12.1. The smallest absolute Gasteiger partial charge is 0.337 e. The highest BCUT2D eigenvalue weighted by Gasteiger charge is 2.28. The van der Waals surface area contributed by atoms with Crippen LogP contribution in [0.1, 0.15) is 26.3 Å². The quantitative estimate of drug-likeness (QED) is 0.115. The van der Waals surface area contributed by atoms with Crippen molar-refractivity contribution in [1.29, 1.82) is 0 Å². The lowest BCUT2D eigenvalue weighted by Crippen LogP contribution is -2.18. The van der Waals surface area contributed by atoms with Crippen molar-refractivity contribution in [3.8, 4) is 0 Å². The molecule has 174 valence electrons. The molecule has 1 aromatic heterocycles. The number of aromatic nitrogens is 1. The highest BCUT2D eigenvalue weighted by Crippen LogP contribution is 2.42. The average Bonchev–Trinajstić information content (AvgIpc) is 3.21. The highest BCUT2D eigenvalue weighted by molar-refractivity contribution is 9.15. The van der Waals surface area contributed by atoms with Crippen LogP contribution in [0.25, 0.3) is 10.2 Å². The molecule has 0 bridgehead atoms. The summed E-state index contributed by atoms with van der Waals surface area (Å²) in [7, 11) is 0. The normalized spacial score (nSPS) is 11.1. The van der Waals surface area contributed by atoms with Crippen LogP contribution in [0, 0.1) is 0 Å². The van der Waals surface area contributed by atoms with Crippen LogP contribution < -0.4 is 5.32 Å². The topological polar surface area (TPSA) is 79.3 Å². The van der Waals surface area contributed by atoms with E-state index in [4.69, 9.17) is 0 Å². The first-order valence-corrected chi connectivity index (χ1v) is 15.1. The Balaban J connectivity index is 1.58. The number of carbonyl (C=O) groups is 2. The van der Waals surface area contributed by atoms with Gasteiger partial charge < -0.3 is 10.4 Å². The van der Waals surface area contributed by atoms with E-state index in [1.165, 1.54) is 5.56 Å². The number of fused-ring (bicyclic) bond motifs is 1. The van der Waals surface area contributed by atoms with Crippen LogP contribution in [-0.4, -0.2) is 22.0 Å². The van der Waals surface area contributed by atoms with Gasteiger partial charge in [0.15, 0.2) is 4.34 Å². The zero-order valence-electron chi connectivity index (χ0n) is 16.7. The summed E-state index contributed by atoms with van der Waals surface area (Å²) < 4.78 is 4.52. The van der Waals surface area contributed by atoms with E-state index < -0.39 is 11.9 Å². The highest BCUT2D eigenvalue weighted by atomic mass is 79.9. The van der Waals surface area contributed by atoms with Crippen molar-refractivity contribution < 1.29 is 14.7 Å². The number of nitrogens with zero attached hydrogens (tertiary/aromatic N) is 1. The number of aromatic carboxylic acids is 1. The second-order valence-electron chi connectivity index (χ2n) is 6.84. The summed E-state index contributed by atoms with van der Waals surface area (Å²) in [5.41, 5.74) is 2.44. The second kappa shape index (κ2) is 11.1. The number of carbonyl (C=O) groups excluding carboxylic acids is 1. The Morgan fingerprint density at radius 3 is 2.21 bits per heavy atom. The van der Waals surface area contributed by atoms with Gasteiger partial charge in [0.25, 0.3) is 5.91 Å². The fourth-order valence-corrected chi connectivity index (χ4v) is 7.80. The van der Waals surface area contributed by atoms with Crippen LogP contribution in [0.3, 0.4) is 0 Å². The van der Waals surface area contributed by atoms with Gasteiger partial charge in [-0.3, -0.25) is 4.79 Å². The number of nitrogens with one attached hydrogen (secondary N) is 1. The van der Waals surface area contributed by atoms with Crippen LogP contribution >= 0.6 is 103 Å². The van der Waals surface area contributed by atoms with Crippen molar-refractivity contribution in [1.82, 2.24) is 4.98 Å². The molecule has 4 aromatic rings. The number of hydrogen-bond acceptors (Lipinski definition) is 5. The molecule has 0 saturated heterocycles. The van der Waals surface area contributed by atoms with Gasteiger partial charge in [0.1, 0.15) is 0 Å². The van der Waals surface area contributed by atoms with Crippen molar-refractivity contribution >= 4 is 131 Å². The molecule has 5 nitrogen and oxygen atoms in total. The molecule has 0 saturated carbocycles. The van der Waals surface area contributed by atoms with Gasteiger partial charge in [-0.15, -0.1) is 11.3 Å². The Hall–Kier alpha value is -0.760. The van der Waals surface area contributed by atoms with Crippen molar-refractivity contribution in [3.05, 3.63) is 81.5 Å². The van der Waals surface area contributed by atoms with E-state index in [1.54, 1.807) is 29.2 Å². The van der Waals surface area contributed by atoms with Crippen LogP contribution in [0.2, 0.25) is 0 Å². The number of rotatable bonds is 6. The second-order valence-corrected chi connectivity index (χ2v) is 13.2. The molecular weight excluding hydrogens is 804 g/mol. The number of carboxylic acid groups (broad SMARTS) is 1. The van der Waals surface area contributed by atoms with Gasteiger partial charge >= 0.3 is 5.97 Å². The van der Waals surface area contributed by atoms with Crippen LogP contribution in [0.15, 0.2) is 69.2 Å². The molecule has 1 amide bonds. The van der Waals surface area contributed by atoms with E-state index in [1.807, 2.05) is 24.3 Å². The number of thiazole rings is 1. The first-order chi connectivity index (χ1) is 16.2. The minimum atomic E-state index is -1.23. The van der Waals surface area contributed by atoms with Gasteiger partial charge in [0.05, 0.1) is 21.3 Å². The van der Waals surface area contributed by atoms with Crippen LogP contribution in [0.4, 0.5) is 5.69 Å². The number of carboxylic acids is 1. The number of anilines is 1. The Kier molecular flexibility index (Phi) is 8.59. The zero-order chi connectivity index (χ0) is 24.6. The molecule has 0 atom stereocenters. The third-order valence-electron chi connectivity index (χ3n) is 4.61. The Bertz CT molecular complexity index is 1440. The Morgan fingerprint density at radius 2 is 1.56 bits per heavy atom. The summed E-state index contributed by atoms with van der Waals surface area (Å²) in [4.78, 5) is 29.7. The van der Waals surface area contributed by atoms with Gasteiger partial charge in [-0.2, -0.15) is 0 Å². The maximum atomic E-state index is 13.1. The lowest BCUT2D eigenvalue weighted by atomic mass is 10.1. The summed E-state index contributed by atoms with van der Waals surface area (Å²) >= 11 is 20.0. The minimum absolute atomic E-state index is 0.00425. The predicted molar refractivity (Wildman–Crippen MR) is 155 cm³/mol. The van der Waals surface area contributed by atoms with E-state index in [9.17, 15) is 14.7 Å². The van der Waals surface area contributed by atoms with Gasteiger partial charge in [-0.25, -0.2) is 9.78 Å². The van der Waals surface area contributed by atoms with E-state index in [2.05, 4.69) is 102 Å². The lowest BCUT2D eigenvalue weighted by Gasteiger charge is -2.14.